The second-order valence-corrected chi connectivity index (χ2v) is 7.69. The van der Waals surface area contributed by atoms with Gasteiger partial charge in [-0.1, -0.05) is 15.9 Å². The van der Waals surface area contributed by atoms with Crippen molar-refractivity contribution in [2.24, 2.45) is 11.1 Å². The minimum Gasteiger partial charge on any atom is -0.495 e. The molecule has 8 heteroatoms. The fraction of sp³-hybridized carbons (Fsp3) is 0.462. The Bertz CT molecular complexity index is 675. The highest BCUT2D eigenvalue weighted by atomic mass is 79.9. The van der Waals surface area contributed by atoms with E-state index >= 15 is 0 Å². The van der Waals surface area contributed by atoms with Crippen molar-refractivity contribution in [1.29, 1.82) is 0 Å². The molecule has 0 bridgehead atoms. The van der Waals surface area contributed by atoms with Gasteiger partial charge in [0.2, 0.25) is 15.9 Å². The van der Waals surface area contributed by atoms with Crippen LogP contribution in [0.4, 0.5) is 5.69 Å². The number of primary sulfonamides is 1. The van der Waals surface area contributed by atoms with Crippen LogP contribution in [0.1, 0.15) is 12.0 Å². The zero-order chi connectivity index (χ0) is 15.8. The van der Waals surface area contributed by atoms with Gasteiger partial charge in [-0.2, -0.15) is 0 Å². The zero-order valence-corrected chi connectivity index (χ0v) is 14.2. The summed E-state index contributed by atoms with van der Waals surface area (Å²) in [5.74, 6) is -0.0329. The fourth-order valence-corrected chi connectivity index (χ4v) is 3.68. The number of nitrogens with zero attached hydrogens (tertiary/aromatic N) is 1. The Hall–Kier alpha value is -1.12. The molecule has 1 saturated heterocycles. The topological polar surface area (TPSA) is 89.7 Å². The number of hydrogen-bond donors (Lipinski definition) is 1. The van der Waals surface area contributed by atoms with Crippen molar-refractivity contribution in [2.45, 2.75) is 13.3 Å². The second kappa shape index (κ2) is 5.94. The molecule has 1 unspecified atom stereocenters. The third-order valence-electron chi connectivity index (χ3n) is 3.42. The molecular weight excluding hydrogens is 360 g/mol. The van der Waals surface area contributed by atoms with Crippen molar-refractivity contribution in [3.05, 3.63) is 22.2 Å². The van der Waals surface area contributed by atoms with Gasteiger partial charge in [-0.3, -0.25) is 4.79 Å². The number of amides is 1. The van der Waals surface area contributed by atoms with Crippen molar-refractivity contribution < 1.29 is 17.9 Å². The summed E-state index contributed by atoms with van der Waals surface area (Å²) in [4.78, 5) is 13.7. The smallest absolute Gasteiger partial charge is 0.227 e. The van der Waals surface area contributed by atoms with Gasteiger partial charge in [-0.25, -0.2) is 13.6 Å². The van der Waals surface area contributed by atoms with Crippen LogP contribution in [0.5, 0.6) is 5.75 Å². The predicted molar refractivity (Wildman–Crippen MR) is 83.9 cm³/mol. The Labute approximate surface area is 132 Å². The van der Waals surface area contributed by atoms with Crippen molar-refractivity contribution in [3.63, 3.8) is 0 Å². The Morgan fingerprint density at radius 3 is 2.71 bits per heavy atom. The zero-order valence-electron chi connectivity index (χ0n) is 11.8. The van der Waals surface area contributed by atoms with E-state index in [-0.39, 0.29) is 24.0 Å². The van der Waals surface area contributed by atoms with Crippen molar-refractivity contribution in [3.8, 4) is 5.75 Å². The third kappa shape index (κ3) is 3.75. The number of aryl methyl sites for hydroxylation is 1. The van der Waals surface area contributed by atoms with E-state index in [2.05, 4.69) is 15.9 Å². The highest BCUT2D eigenvalue weighted by molar-refractivity contribution is 9.10. The molecule has 1 aliphatic heterocycles. The van der Waals surface area contributed by atoms with Crippen LogP contribution in [0, 0.1) is 12.8 Å². The summed E-state index contributed by atoms with van der Waals surface area (Å²) in [6.45, 7) is 2.24. The number of anilines is 1. The molecule has 1 atom stereocenters. The number of carbonyl (C=O) groups excluding carboxylic acids is 1. The first kappa shape index (κ1) is 16.3. The number of halogens is 1. The summed E-state index contributed by atoms with van der Waals surface area (Å²) in [6, 6.07) is 3.64. The Balaban J connectivity index is 2.31. The molecule has 0 aromatic heterocycles. The maximum absolute atomic E-state index is 12.2. The fourth-order valence-electron chi connectivity index (χ4n) is 2.48. The molecule has 1 fully saturated rings. The van der Waals surface area contributed by atoms with Crippen molar-refractivity contribution in [2.75, 3.05) is 24.3 Å². The molecule has 21 heavy (non-hydrogen) atoms. The number of nitrogens with two attached hydrogens (primary N) is 1. The molecule has 1 aliphatic rings. The average Bonchev–Trinajstić information content (AvgIpc) is 2.70. The van der Waals surface area contributed by atoms with Crippen LogP contribution >= 0.6 is 15.9 Å². The second-order valence-electron chi connectivity index (χ2n) is 5.18. The Morgan fingerprint density at radius 1 is 1.48 bits per heavy atom. The van der Waals surface area contributed by atoms with E-state index in [4.69, 9.17) is 9.88 Å². The first-order valence-electron chi connectivity index (χ1n) is 6.36. The first-order chi connectivity index (χ1) is 9.71. The van der Waals surface area contributed by atoms with E-state index in [1.165, 1.54) is 7.11 Å². The standard InChI is InChI=1S/C13H17BrN2O4S/c1-8-3-11(12(20-2)5-10(8)14)16-6-9(4-13(16)17)7-21(15,18)19/h3,5,9H,4,6-7H2,1-2H3,(H2,15,18,19). The molecule has 1 heterocycles. The molecule has 0 aliphatic carbocycles. The largest absolute Gasteiger partial charge is 0.495 e. The minimum atomic E-state index is -3.58. The number of carbonyl (C=O) groups is 1. The number of ether oxygens (including phenoxy) is 1. The Morgan fingerprint density at radius 2 is 2.14 bits per heavy atom. The first-order valence-corrected chi connectivity index (χ1v) is 8.87. The normalized spacial score (nSPS) is 19.1. The molecule has 2 N–H and O–H groups in total. The average molecular weight is 377 g/mol. The van der Waals surface area contributed by atoms with Gasteiger partial charge in [0.25, 0.3) is 0 Å². The maximum atomic E-state index is 12.2. The van der Waals surface area contributed by atoms with Gasteiger partial charge in [0.15, 0.2) is 0 Å². The summed E-state index contributed by atoms with van der Waals surface area (Å²) >= 11 is 3.42. The van der Waals surface area contributed by atoms with Gasteiger partial charge in [0.1, 0.15) is 5.75 Å². The number of sulfonamides is 1. The van der Waals surface area contributed by atoms with Crippen LogP contribution in [0.15, 0.2) is 16.6 Å². The summed E-state index contributed by atoms with van der Waals surface area (Å²) < 4.78 is 28.5. The van der Waals surface area contributed by atoms with Gasteiger partial charge in [-0.15, -0.1) is 0 Å². The van der Waals surface area contributed by atoms with Gasteiger partial charge in [0.05, 0.1) is 18.6 Å². The van der Waals surface area contributed by atoms with Crippen LogP contribution in [0.2, 0.25) is 0 Å². The van der Waals surface area contributed by atoms with E-state index in [1.807, 2.05) is 13.0 Å². The Kier molecular flexibility index (Phi) is 4.60. The van der Waals surface area contributed by atoms with Crippen LogP contribution in [-0.2, 0) is 14.8 Å². The highest BCUT2D eigenvalue weighted by Crippen LogP contribution is 2.37. The van der Waals surface area contributed by atoms with Crippen molar-refractivity contribution in [1.82, 2.24) is 0 Å². The van der Waals surface area contributed by atoms with E-state index in [1.54, 1.807) is 11.0 Å². The quantitative estimate of drug-likeness (QED) is 0.859. The lowest BCUT2D eigenvalue weighted by Crippen LogP contribution is -2.27. The monoisotopic (exact) mass is 376 g/mol. The number of methoxy groups -OCH3 is 1. The lowest BCUT2D eigenvalue weighted by atomic mass is 10.1. The molecule has 0 saturated carbocycles. The third-order valence-corrected chi connectivity index (χ3v) is 5.21. The molecule has 1 amide bonds. The molecule has 1 aromatic carbocycles. The van der Waals surface area contributed by atoms with E-state index < -0.39 is 10.0 Å². The molecule has 1 aromatic rings. The molecule has 6 nitrogen and oxygen atoms in total. The van der Waals surface area contributed by atoms with Gasteiger partial charge in [-0.05, 0) is 24.6 Å². The van der Waals surface area contributed by atoms with Crippen LogP contribution in [0.25, 0.3) is 0 Å². The van der Waals surface area contributed by atoms with Crippen LogP contribution < -0.4 is 14.8 Å². The number of rotatable bonds is 4. The maximum Gasteiger partial charge on any atom is 0.227 e. The molecule has 0 radical (unpaired) electrons. The van der Waals surface area contributed by atoms with Gasteiger partial charge in [0, 0.05) is 23.4 Å². The van der Waals surface area contributed by atoms with E-state index in [9.17, 15) is 13.2 Å². The minimum absolute atomic E-state index is 0.122. The lowest BCUT2D eigenvalue weighted by Gasteiger charge is -2.20. The van der Waals surface area contributed by atoms with Crippen LogP contribution in [-0.4, -0.2) is 33.7 Å². The lowest BCUT2D eigenvalue weighted by molar-refractivity contribution is -0.117. The highest BCUT2D eigenvalue weighted by Gasteiger charge is 2.34. The molecule has 2 rings (SSSR count). The molecular formula is C13H17BrN2O4S. The number of hydrogen-bond acceptors (Lipinski definition) is 4. The van der Waals surface area contributed by atoms with E-state index in [0.29, 0.717) is 18.0 Å². The summed E-state index contributed by atoms with van der Waals surface area (Å²) in [5.41, 5.74) is 1.62. The number of benzene rings is 1. The summed E-state index contributed by atoms with van der Waals surface area (Å²) in [6.07, 6.45) is 0.175. The SMILES string of the molecule is COc1cc(Br)c(C)cc1N1CC(CS(N)(=O)=O)CC1=O. The summed E-state index contributed by atoms with van der Waals surface area (Å²) in [5, 5.41) is 5.06. The van der Waals surface area contributed by atoms with Gasteiger partial charge < -0.3 is 9.64 Å². The van der Waals surface area contributed by atoms with Crippen LogP contribution in [0.3, 0.4) is 0 Å². The van der Waals surface area contributed by atoms with Gasteiger partial charge >= 0.3 is 0 Å². The summed E-state index contributed by atoms with van der Waals surface area (Å²) in [7, 11) is -2.05. The molecule has 0 spiro atoms. The van der Waals surface area contributed by atoms with Crippen molar-refractivity contribution >= 4 is 37.5 Å². The molecule has 116 valence electrons. The predicted octanol–water partition coefficient (Wildman–Crippen LogP) is 1.41. The van der Waals surface area contributed by atoms with E-state index in [0.717, 1.165) is 10.0 Å².